The average Bonchev–Trinajstić information content (AvgIpc) is 3.80. The molecule has 4 nitrogen and oxygen atoms in total. The maximum atomic E-state index is 9.53. The summed E-state index contributed by atoms with van der Waals surface area (Å²) >= 11 is 5.62. The van der Waals surface area contributed by atoms with Gasteiger partial charge >= 0.3 is 112 Å². The Bertz CT molecular complexity index is 2310. The third kappa shape index (κ3) is 9.95. The summed E-state index contributed by atoms with van der Waals surface area (Å²) in [5.74, 6) is 0.216. The topological polar surface area (TPSA) is 39.1 Å². The molecule has 0 aromatic heterocycles. The molecule has 0 radical (unpaired) electrons. The number of phenols is 1. The van der Waals surface area contributed by atoms with E-state index in [9.17, 15) is 5.11 Å². The van der Waals surface area contributed by atoms with Gasteiger partial charge in [-0.3, -0.25) is 4.99 Å². The minimum atomic E-state index is -0.218. The fourth-order valence-electron chi connectivity index (χ4n) is 7.50. The molecule has 6 aromatic rings. The molecule has 1 saturated heterocycles. The van der Waals surface area contributed by atoms with Gasteiger partial charge in [0.2, 0.25) is 0 Å². The zero-order valence-electron chi connectivity index (χ0n) is 32.7. The first kappa shape index (κ1) is 40.9. The molecule has 0 spiro atoms. The third-order valence-corrected chi connectivity index (χ3v) is 11.9. The van der Waals surface area contributed by atoms with Gasteiger partial charge in [-0.05, 0) is 94.1 Å². The Balaban J connectivity index is 0.000000146. The van der Waals surface area contributed by atoms with E-state index in [1.54, 1.807) is 36.5 Å². The summed E-state index contributed by atoms with van der Waals surface area (Å²) in [6, 6.07) is 42.4. The number of rotatable bonds is 5. The van der Waals surface area contributed by atoms with Crippen LogP contribution < -0.4 is 9.80 Å². The molecule has 56 heavy (non-hydrogen) atoms. The van der Waals surface area contributed by atoms with Gasteiger partial charge in [0.05, 0.1) is 5.69 Å². The molecule has 1 fully saturated rings. The summed E-state index contributed by atoms with van der Waals surface area (Å²) < 4.78 is 1.30. The molecule has 0 unspecified atom stereocenters. The van der Waals surface area contributed by atoms with Crippen molar-refractivity contribution < 1.29 is 20.8 Å². The van der Waals surface area contributed by atoms with Crippen molar-refractivity contribution in [2.75, 3.05) is 22.9 Å². The van der Waals surface area contributed by atoms with Gasteiger partial charge in [-0.2, -0.15) is 6.67 Å². The molecule has 287 valence electrons. The first-order valence-corrected chi connectivity index (χ1v) is 22.1. The van der Waals surface area contributed by atoms with E-state index in [4.69, 9.17) is 21.3 Å². The third-order valence-electron chi connectivity index (χ3n) is 9.70. The molecule has 2 aliphatic rings. The van der Waals surface area contributed by atoms with E-state index in [1.807, 2.05) is 24.3 Å². The number of hydrogen-bond acceptors (Lipinski definition) is 4. The van der Waals surface area contributed by atoms with Crippen LogP contribution in [0.2, 0.25) is 5.02 Å². The van der Waals surface area contributed by atoms with Crippen molar-refractivity contribution in [3.63, 3.8) is 0 Å². The molecule has 8 rings (SSSR count). The number of nitrogens with zero attached hydrogens (tertiary/aromatic N) is 3. The van der Waals surface area contributed by atoms with E-state index in [1.165, 1.54) is 71.1 Å². The number of hydrogen-bond donors (Lipinski definition) is 1. The second kappa shape index (κ2) is 18.9. The maximum absolute atomic E-state index is 9.53. The van der Waals surface area contributed by atoms with Crippen LogP contribution in [0.4, 0.5) is 17.1 Å². The van der Waals surface area contributed by atoms with Crippen molar-refractivity contribution in [2.24, 2.45) is 4.99 Å². The van der Waals surface area contributed by atoms with E-state index in [-0.39, 0.29) is 21.4 Å². The van der Waals surface area contributed by atoms with Crippen LogP contribution in [0.5, 0.6) is 5.75 Å². The quantitative estimate of drug-likeness (QED) is 0.107. The number of aromatic hydroxyl groups is 1. The van der Waals surface area contributed by atoms with Gasteiger partial charge < -0.3 is 14.9 Å². The van der Waals surface area contributed by atoms with Crippen LogP contribution >= 0.6 is 21.3 Å². The molecule has 0 atom stereocenters. The Morgan fingerprint density at radius 2 is 1.18 bits per heavy atom. The molecule has 7 heteroatoms. The van der Waals surface area contributed by atoms with Crippen molar-refractivity contribution >= 4 is 54.2 Å². The van der Waals surface area contributed by atoms with Crippen LogP contribution in [0.25, 0.3) is 5.57 Å². The summed E-state index contributed by atoms with van der Waals surface area (Å²) in [7, 11) is 6.10. The normalized spacial score (nSPS) is 14.1. The van der Waals surface area contributed by atoms with Crippen LogP contribution in [0.1, 0.15) is 55.6 Å². The Morgan fingerprint density at radius 1 is 0.643 bits per heavy atom. The number of aliphatic imine (C=N–C) groups is 1. The summed E-state index contributed by atoms with van der Waals surface area (Å²) in [6.45, 7) is 17.6. The number of anilines is 2. The number of allylic oxidation sites excluding steroid dienone is 1. The number of para-hydroxylation sites is 1. The number of aryl methyl sites for hydroxylation is 6. The van der Waals surface area contributed by atoms with Crippen molar-refractivity contribution in [2.45, 2.75) is 41.5 Å². The monoisotopic (exact) mass is 865 g/mol. The van der Waals surface area contributed by atoms with Crippen molar-refractivity contribution in [1.29, 1.82) is 0 Å². The number of phenolic OH excluding ortho intramolecular Hbond substituents is 1. The number of halogens is 2. The molecule has 1 N–H and O–H groups in total. The van der Waals surface area contributed by atoms with E-state index in [2.05, 4.69) is 142 Å². The molecule has 0 amide bonds. The molecule has 0 bridgehead atoms. The van der Waals surface area contributed by atoms with Gasteiger partial charge in [-0.25, -0.2) is 0 Å². The number of fused-ring (bicyclic) bond motifs is 1. The SMILES string of the molecule is Cc1cc(C)c(N2[CH-]N(c3c(C)cc(C)cc3C)CC2)c(C)c1.Oc1ccccc1C=Nc1cccc(Cl)c1.[Cl][Ru]=[C]1C=C(c2ccccc2)c2ccccc21. The fourth-order valence-corrected chi connectivity index (χ4v) is 9.24. The van der Waals surface area contributed by atoms with Gasteiger partial charge in [0.15, 0.2) is 0 Å². The fraction of sp³-hybridized carbons (Fsp3) is 0.163. The van der Waals surface area contributed by atoms with Gasteiger partial charge in [0, 0.05) is 41.3 Å². The predicted molar refractivity (Wildman–Crippen MR) is 237 cm³/mol. The Labute approximate surface area is 348 Å². The van der Waals surface area contributed by atoms with E-state index in [0.717, 1.165) is 18.8 Å². The second-order valence-electron chi connectivity index (χ2n) is 14.2. The predicted octanol–water partition coefficient (Wildman–Crippen LogP) is 12.7. The molecule has 1 aliphatic heterocycles. The standard InChI is InChI=1S/C21H27N2.C15H10.C13H10ClNO.ClH.Ru/c1-14-9-16(3)20(17(4)10-14)22-7-8-23(13-22)21-18(5)11-15(2)12-19(21)6;1-2-6-12(7-3-1)15-11-10-13-8-4-5-9-14(13)15;14-11-5-3-6-12(8-11)15-9-10-4-1-2-7-13(10)16;;/h9-13H,7-8H2,1-6H3;1-9,11H;1-9,16H;1H;/q-1;;;;+1/p-1. The molecule has 1 aliphatic carbocycles. The first-order valence-electron chi connectivity index (χ1n) is 18.6. The van der Waals surface area contributed by atoms with Crippen LogP contribution in [-0.2, 0) is 15.7 Å². The molecule has 1 heterocycles. The zero-order chi connectivity index (χ0) is 39.8. The Kier molecular flexibility index (Phi) is 13.8. The second-order valence-corrected chi connectivity index (χ2v) is 16.7. The van der Waals surface area contributed by atoms with E-state index < -0.39 is 0 Å². The van der Waals surface area contributed by atoms with Crippen LogP contribution in [0.15, 0.2) is 138 Å². The van der Waals surface area contributed by atoms with E-state index >= 15 is 0 Å². The van der Waals surface area contributed by atoms with Gasteiger partial charge in [0.1, 0.15) is 5.75 Å². The molecule has 6 aromatic carbocycles. The first-order chi connectivity index (χ1) is 27.0. The number of benzene rings is 6. The van der Waals surface area contributed by atoms with E-state index in [0.29, 0.717) is 10.6 Å². The Hall–Kier alpha value is -4.80. The van der Waals surface area contributed by atoms with Gasteiger partial charge in [0.25, 0.3) is 0 Å². The summed E-state index contributed by atoms with van der Waals surface area (Å²) in [4.78, 5) is 9.04. The molecule has 0 saturated carbocycles. The van der Waals surface area contributed by atoms with Crippen LogP contribution in [0.3, 0.4) is 0 Å². The summed E-state index contributed by atoms with van der Waals surface area (Å²) in [6.07, 6.45) is 3.85. The summed E-state index contributed by atoms with van der Waals surface area (Å²) in [5, 5.41) is 10.2. The van der Waals surface area contributed by atoms with Crippen molar-refractivity contribution in [1.82, 2.24) is 0 Å². The van der Waals surface area contributed by atoms with Gasteiger partial charge in [-0.15, -0.1) is 0 Å². The summed E-state index contributed by atoms with van der Waals surface area (Å²) in [5.41, 5.74) is 17.5. The van der Waals surface area contributed by atoms with Crippen LogP contribution in [-0.4, -0.2) is 28.5 Å². The Morgan fingerprint density at radius 3 is 1.73 bits per heavy atom. The average molecular weight is 866 g/mol. The zero-order valence-corrected chi connectivity index (χ0v) is 35.9. The van der Waals surface area contributed by atoms with Crippen molar-refractivity contribution in [3.05, 3.63) is 201 Å². The van der Waals surface area contributed by atoms with Gasteiger partial charge in [-0.1, -0.05) is 65.2 Å². The molecular formula is C49H47Cl2N3ORu-. The molecular weight excluding hydrogens is 819 g/mol. The van der Waals surface area contributed by atoms with Crippen molar-refractivity contribution in [3.8, 4) is 5.75 Å². The van der Waals surface area contributed by atoms with Crippen LogP contribution in [0, 0.1) is 48.2 Å². The minimum absolute atomic E-state index is 0.216.